The molecule has 1 aromatic carbocycles. The number of benzene rings is 1. The van der Waals surface area contributed by atoms with Gasteiger partial charge in [0, 0.05) is 6.92 Å². The van der Waals surface area contributed by atoms with Crippen LogP contribution in [0.4, 0.5) is 10.1 Å². The molecule has 1 amide bonds. The van der Waals surface area contributed by atoms with Crippen LogP contribution in [0.25, 0.3) is 0 Å². The molecule has 0 aliphatic heterocycles. The van der Waals surface area contributed by atoms with E-state index in [-0.39, 0.29) is 22.9 Å². The summed E-state index contributed by atoms with van der Waals surface area (Å²) < 4.78 is 13.4. The molecule has 0 unspecified atom stereocenters. The summed E-state index contributed by atoms with van der Waals surface area (Å²) in [4.78, 5) is 21.6. The Labute approximate surface area is 80.9 Å². The second-order valence-electron chi connectivity index (χ2n) is 2.90. The van der Waals surface area contributed by atoms with Crippen molar-refractivity contribution in [3.05, 3.63) is 29.6 Å². The zero-order chi connectivity index (χ0) is 10.7. The third kappa shape index (κ3) is 2.16. The molecule has 0 saturated carbocycles. The highest BCUT2D eigenvalue weighted by atomic mass is 19.1. The first-order valence-corrected chi connectivity index (χ1v) is 4.09. The molecule has 4 heteroatoms. The predicted octanol–water partition coefficient (Wildman–Crippen LogP) is 1.99. The number of amides is 1. The molecule has 0 bridgehead atoms. The van der Waals surface area contributed by atoms with Gasteiger partial charge in [-0.2, -0.15) is 0 Å². The predicted molar refractivity (Wildman–Crippen MR) is 50.7 cm³/mol. The normalized spacial score (nSPS) is 9.64. The van der Waals surface area contributed by atoms with E-state index in [1.165, 1.54) is 32.0 Å². The Morgan fingerprint density at radius 3 is 2.43 bits per heavy atom. The average molecular weight is 195 g/mol. The average Bonchev–Trinajstić information content (AvgIpc) is 2.07. The minimum absolute atomic E-state index is 0.0174. The van der Waals surface area contributed by atoms with Crippen LogP contribution >= 0.6 is 0 Å². The fourth-order valence-corrected chi connectivity index (χ4v) is 1.09. The van der Waals surface area contributed by atoms with E-state index in [4.69, 9.17) is 0 Å². The van der Waals surface area contributed by atoms with Crippen molar-refractivity contribution in [1.82, 2.24) is 0 Å². The van der Waals surface area contributed by atoms with Crippen LogP contribution in [0.15, 0.2) is 18.2 Å². The van der Waals surface area contributed by atoms with Gasteiger partial charge in [0.05, 0.1) is 11.3 Å². The van der Waals surface area contributed by atoms with Crippen molar-refractivity contribution < 1.29 is 14.0 Å². The van der Waals surface area contributed by atoms with Crippen LogP contribution in [0.1, 0.15) is 24.2 Å². The van der Waals surface area contributed by atoms with Gasteiger partial charge in [0.2, 0.25) is 5.91 Å². The van der Waals surface area contributed by atoms with Gasteiger partial charge in [-0.3, -0.25) is 9.59 Å². The molecule has 0 spiro atoms. The Morgan fingerprint density at radius 1 is 1.29 bits per heavy atom. The van der Waals surface area contributed by atoms with Crippen LogP contribution in [0.3, 0.4) is 0 Å². The fraction of sp³-hybridized carbons (Fsp3) is 0.200. The lowest BCUT2D eigenvalue weighted by Gasteiger charge is -2.05. The first-order chi connectivity index (χ1) is 6.52. The van der Waals surface area contributed by atoms with Crippen LogP contribution in [0.2, 0.25) is 0 Å². The van der Waals surface area contributed by atoms with Crippen molar-refractivity contribution in [3.63, 3.8) is 0 Å². The van der Waals surface area contributed by atoms with Crippen molar-refractivity contribution in [2.24, 2.45) is 0 Å². The number of carbonyl (C=O) groups excluding carboxylic acids is 2. The van der Waals surface area contributed by atoms with Gasteiger partial charge in [-0.1, -0.05) is 6.07 Å². The number of ketones is 1. The molecule has 74 valence electrons. The number of halogens is 1. The summed E-state index contributed by atoms with van der Waals surface area (Å²) in [5, 5.41) is 2.30. The van der Waals surface area contributed by atoms with Gasteiger partial charge in [0.15, 0.2) is 11.6 Å². The largest absolute Gasteiger partial charge is 0.324 e. The molecule has 0 fully saturated rings. The number of carbonyl (C=O) groups is 2. The maximum Gasteiger partial charge on any atom is 0.221 e. The third-order valence-corrected chi connectivity index (χ3v) is 1.69. The molecule has 0 atom stereocenters. The molecule has 0 saturated heterocycles. The van der Waals surface area contributed by atoms with Gasteiger partial charge in [0.1, 0.15) is 0 Å². The Hall–Kier alpha value is -1.71. The van der Waals surface area contributed by atoms with E-state index in [1.807, 2.05) is 0 Å². The number of Topliss-reactive ketones (excluding diaryl/α,β-unsaturated/α-hetero) is 1. The number of rotatable bonds is 2. The molecule has 0 heterocycles. The van der Waals surface area contributed by atoms with Gasteiger partial charge in [0.25, 0.3) is 0 Å². The van der Waals surface area contributed by atoms with Crippen LogP contribution in [0.5, 0.6) is 0 Å². The molecule has 0 aliphatic carbocycles. The van der Waals surface area contributed by atoms with Crippen LogP contribution in [-0.2, 0) is 4.79 Å². The van der Waals surface area contributed by atoms with Crippen LogP contribution in [-0.4, -0.2) is 11.7 Å². The molecule has 1 rings (SSSR count). The van der Waals surface area contributed by atoms with E-state index in [0.717, 1.165) is 0 Å². The van der Waals surface area contributed by atoms with Crippen LogP contribution in [0, 0.1) is 5.82 Å². The fourth-order valence-electron chi connectivity index (χ4n) is 1.09. The van der Waals surface area contributed by atoms with E-state index in [2.05, 4.69) is 5.32 Å². The molecular weight excluding hydrogens is 185 g/mol. The van der Waals surface area contributed by atoms with Crippen molar-refractivity contribution in [1.29, 1.82) is 0 Å². The Balaban J connectivity index is 3.13. The Kier molecular flexibility index (Phi) is 2.96. The Morgan fingerprint density at radius 2 is 1.93 bits per heavy atom. The summed E-state index contributed by atoms with van der Waals surface area (Å²) in [5.74, 6) is -1.42. The van der Waals surface area contributed by atoms with Gasteiger partial charge in [-0.05, 0) is 19.1 Å². The maximum absolute atomic E-state index is 13.4. The molecule has 0 aliphatic rings. The molecule has 1 aromatic rings. The summed E-state index contributed by atoms with van der Waals surface area (Å²) in [6, 6.07) is 4.30. The second kappa shape index (κ2) is 4.00. The Bertz CT molecular complexity index is 388. The van der Waals surface area contributed by atoms with Crippen molar-refractivity contribution in [2.45, 2.75) is 13.8 Å². The van der Waals surface area contributed by atoms with E-state index in [1.54, 1.807) is 0 Å². The first kappa shape index (κ1) is 10.4. The third-order valence-electron chi connectivity index (χ3n) is 1.69. The summed E-state index contributed by atoms with van der Waals surface area (Å²) in [6.07, 6.45) is 0. The molecule has 3 nitrogen and oxygen atoms in total. The molecule has 14 heavy (non-hydrogen) atoms. The highest BCUT2D eigenvalue weighted by molar-refractivity contribution is 5.97. The zero-order valence-electron chi connectivity index (χ0n) is 7.93. The lowest BCUT2D eigenvalue weighted by Crippen LogP contribution is -2.09. The standard InChI is InChI=1S/C10H10FNO2/c1-6(13)8-4-3-5-9(10(8)11)12-7(2)14/h3-5H,1-2H3,(H,12,14). The number of nitrogens with one attached hydrogen (secondary N) is 1. The SMILES string of the molecule is CC(=O)Nc1cccc(C(C)=O)c1F. The molecular formula is C10H10FNO2. The molecule has 1 N–H and O–H groups in total. The number of hydrogen-bond acceptors (Lipinski definition) is 2. The van der Waals surface area contributed by atoms with Gasteiger partial charge < -0.3 is 5.32 Å². The lowest BCUT2D eigenvalue weighted by atomic mass is 10.1. The summed E-state index contributed by atoms with van der Waals surface area (Å²) >= 11 is 0. The van der Waals surface area contributed by atoms with Crippen molar-refractivity contribution in [3.8, 4) is 0 Å². The molecule has 0 aromatic heterocycles. The maximum atomic E-state index is 13.4. The monoisotopic (exact) mass is 195 g/mol. The van der Waals surface area contributed by atoms with Gasteiger partial charge in [-0.15, -0.1) is 0 Å². The van der Waals surface area contributed by atoms with Gasteiger partial charge in [-0.25, -0.2) is 4.39 Å². The minimum Gasteiger partial charge on any atom is -0.324 e. The quantitative estimate of drug-likeness (QED) is 0.733. The number of anilines is 1. The number of hydrogen-bond donors (Lipinski definition) is 1. The van der Waals surface area contributed by atoms with E-state index < -0.39 is 5.82 Å². The van der Waals surface area contributed by atoms with E-state index >= 15 is 0 Å². The van der Waals surface area contributed by atoms with Crippen molar-refractivity contribution >= 4 is 17.4 Å². The highest BCUT2D eigenvalue weighted by Gasteiger charge is 2.11. The van der Waals surface area contributed by atoms with Crippen molar-refractivity contribution in [2.75, 3.05) is 5.32 Å². The smallest absolute Gasteiger partial charge is 0.221 e. The lowest BCUT2D eigenvalue weighted by molar-refractivity contribution is -0.114. The molecule has 0 radical (unpaired) electrons. The van der Waals surface area contributed by atoms with Crippen LogP contribution < -0.4 is 5.32 Å². The summed E-state index contributed by atoms with van der Waals surface area (Å²) in [7, 11) is 0. The van der Waals surface area contributed by atoms with Gasteiger partial charge >= 0.3 is 0 Å². The van der Waals surface area contributed by atoms with E-state index in [0.29, 0.717) is 0 Å². The zero-order valence-corrected chi connectivity index (χ0v) is 7.93. The topological polar surface area (TPSA) is 46.2 Å². The minimum atomic E-state index is -0.685. The summed E-state index contributed by atoms with van der Waals surface area (Å²) in [5.41, 5.74) is 0.0152. The summed E-state index contributed by atoms with van der Waals surface area (Å²) in [6.45, 7) is 2.55. The first-order valence-electron chi connectivity index (χ1n) is 4.09. The van der Waals surface area contributed by atoms with E-state index in [9.17, 15) is 14.0 Å². The second-order valence-corrected chi connectivity index (χ2v) is 2.90. The highest BCUT2D eigenvalue weighted by Crippen LogP contribution is 2.18.